The summed E-state index contributed by atoms with van der Waals surface area (Å²) < 4.78 is 1.75. The molecule has 2 N–H and O–H groups in total. The topological polar surface area (TPSA) is 86.9 Å². The predicted octanol–water partition coefficient (Wildman–Crippen LogP) is 0.0680. The zero-order chi connectivity index (χ0) is 15.2. The molecule has 0 aromatic carbocycles. The van der Waals surface area contributed by atoms with E-state index < -0.39 is 5.54 Å². The summed E-state index contributed by atoms with van der Waals surface area (Å²) in [5.41, 5.74) is 0.294. The van der Waals surface area contributed by atoms with Crippen LogP contribution in [0.4, 0.5) is 5.82 Å². The van der Waals surface area contributed by atoms with Gasteiger partial charge in [-0.15, -0.1) is 0 Å². The second-order valence-corrected chi connectivity index (χ2v) is 5.49. The number of aliphatic hydroxyl groups excluding tert-OH is 1. The fraction of sp³-hybridized carbons (Fsp3) is 0.357. The van der Waals surface area contributed by atoms with Crippen molar-refractivity contribution in [1.82, 2.24) is 14.7 Å². The molecule has 2 amide bonds. The van der Waals surface area contributed by atoms with E-state index in [1.165, 1.54) is 0 Å². The molecule has 0 radical (unpaired) electrons. The average molecular weight is 288 g/mol. The zero-order valence-corrected chi connectivity index (χ0v) is 11.8. The first kappa shape index (κ1) is 13.6. The first-order valence-corrected chi connectivity index (χ1v) is 6.64. The number of carbonyl (C=O) groups is 2. The van der Waals surface area contributed by atoms with Crippen LogP contribution in [0.5, 0.6) is 0 Å². The highest BCUT2D eigenvalue weighted by Gasteiger charge is 2.43. The summed E-state index contributed by atoms with van der Waals surface area (Å²) in [7, 11) is 0. The van der Waals surface area contributed by atoms with E-state index >= 15 is 0 Å². The van der Waals surface area contributed by atoms with Crippen LogP contribution in [-0.4, -0.2) is 38.4 Å². The summed E-state index contributed by atoms with van der Waals surface area (Å²) in [6.07, 6.45) is 1.79. The van der Waals surface area contributed by atoms with Crippen molar-refractivity contribution in [3.8, 4) is 0 Å². The number of anilines is 1. The van der Waals surface area contributed by atoms with Gasteiger partial charge in [-0.05, 0) is 26.0 Å². The van der Waals surface area contributed by atoms with Crippen molar-refractivity contribution in [2.75, 3.05) is 11.4 Å². The standard InChI is InChI=1S/C14H16N4O3/c1-14(2)13(21)16-11(20)7-18(14)12-9(8-19)17-6-4-3-5-10(17)15-12/h3-6,19H,7-8H2,1-2H3,(H,16,20,21). The van der Waals surface area contributed by atoms with Crippen LogP contribution in [0.2, 0.25) is 0 Å². The molecule has 3 rings (SSSR count). The number of pyridine rings is 1. The van der Waals surface area contributed by atoms with Gasteiger partial charge in [-0.25, -0.2) is 4.98 Å². The number of imidazole rings is 1. The quantitative estimate of drug-likeness (QED) is 0.764. The highest BCUT2D eigenvalue weighted by Crippen LogP contribution is 2.29. The first-order chi connectivity index (χ1) is 9.95. The number of carbonyl (C=O) groups excluding carboxylic acids is 2. The molecule has 0 unspecified atom stereocenters. The molecule has 1 fully saturated rings. The van der Waals surface area contributed by atoms with Gasteiger partial charge in [0.25, 0.3) is 5.91 Å². The van der Waals surface area contributed by atoms with E-state index in [-0.39, 0.29) is 25.0 Å². The minimum Gasteiger partial charge on any atom is -0.390 e. The molecule has 1 saturated heterocycles. The third-order valence-corrected chi connectivity index (χ3v) is 3.80. The lowest BCUT2D eigenvalue weighted by Gasteiger charge is -2.40. The minimum absolute atomic E-state index is 0.0234. The fourth-order valence-electron chi connectivity index (χ4n) is 2.52. The van der Waals surface area contributed by atoms with E-state index in [4.69, 9.17) is 0 Å². The Hall–Kier alpha value is -2.41. The number of rotatable bonds is 2. The van der Waals surface area contributed by atoms with Crippen molar-refractivity contribution in [3.05, 3.63) is 30.1 Å². The number of nitrogens with zero attached hydrogens (tertiary/aromatic N) is 3. The molecule has 0 spiro atoms. The monoisotopic (exact) mass is 288 g/mol. The number of aliphatic hydroxyl groups is 1. The van der Waals surface area contributed by atoms with Crippen LogP contribution in [0.1, 0.15) is 19.5 Å². The lowest BCUT2D eigenvalue weighted by Crippen LogP contribution is -2.64. The van der Waals surface area contributed by atoms with Crippen LogP contribution in [0, 0.1) is 0 Å². The summed E-state index contributed by atoms with van der Waals surface area (Å²) in [6, 6.07) is 5.48. The Labute approximate surface area is 121 Å². The molecular weight excluding hydrogens is 272 g/mol. The van der Waals surface area contributed by atoms with Crippen molar-refractivity contribution < 1.29 is 14.7 Å². The van der Waals surface area contributed by atoms with Crippen LogP contribution in [-0.2, 0) is 16.2 Å². The van der Waals surface area contributed by atoms with Gasteiger partial charge in [0.1, 0.15) is 11.2 Å². The van der Waals surface area contributed by atoms with Crippen LogP contribution < -0.4 is 10.2 Å². The number of amides is 2. The Morgan fingerprint density at radius 1 is 1.38 bits per heavy atom. The van der Waals surface area contributed by atoms with Crippen LogP contribution in [0.25, 0.3) is 5.65 Å². The fourth-order valence-corrected chi connectivity index (χ4v) is 2.52. The van der Waals surface area contributed by atoms with Crippen molar-refractivity contribution in [1.29, 1.82) is 0 Å². The van der Waals surface area contributed by atoms with E-state index in [1.807, 2.05) is 18.2 Å². The van der Waals surface area contributed by atoms with E-state index in [0.29, 0.717) is 17.2 Å². The van der Waals surface area contributed by atoms with Crippen molar-refractivity contribution in [3.63, 3.8) is 0 Å². The summed E-state index contributed by atoms with van der Waals surface area (Å²) in [5.74, 6) is -0.295. The molecule has 7 nitrogen and oxygen atoms in total. The number of hydrogen-bond acceptors (Lipinski definition) is 5. The molecule has 21 heavy (non-hydrogen) atoms. The van der Waals surface area contributed by atoms with Crippen molar-refractivity contribution in [2.24, 2.45) is 0 Å². The second-order valence-electron chi connectivity index (χ2n) is 5.49. The minimum atomic E-state index is -0.921. The van der Waals surface area contributed by atoms with Gasteiger partial charge in [-0.2, -0.15) is 0 Å². The molecule has 0 atom stereocenters. The molecule has 2 aromatic rings. The normalized spacial score (nSPS) is 18.1. The number of piperazine rings is 1. The molecule has 1 aliphatic heterocycles. The highest BCUT2D eigenvalue weighted by molar-refractivity contribution is 6.06. The summed E-state index contributed by atoms with van der Waals surface area (Å²) in [5, 5.41) is 12.0. The van der Waals surface area contributed by atoms with Crippen molar-refractivity contribution >= 4 is 23.3 Å². The molecule has 0 aliphatic carbocycles. The van der Waals surface area contributed by atoms with Crippen LogP contribution in [0.15, 0.2) is 24.4 Å². The van der Waals surface area contributed by atoms with Crippen molar-refractivity contribution in [2.45, 2.75) is 26.0 Å². The summed E-state index contributed by atoms with van der Waals surface area (Å²) in [4.78, 5) is 29.8. The van der Waals surface area contributed by atoms with Gasteiger partial charge in [-0.1, -0.05) is 6.07 Å². The summed E-state index contributed by atoms with van der Waals surface area (Å²) in [6.45, 7) is 3.23. The third kappa shape index (κ3) is 1.97. The Kier molecular flexibility index (Phi) is 2.94. The Bertz CT molecular complexity index is 735. The van der Waals surface area contributed by atoms with Crippen LogP contribution in [0.3, 0.4) is 0 Å². The number of aromatic nitrogens is 2. The zero-order valence-electron chi connectivity index (χ0n) is 11.8. The van der Waals surface area contributed by atoms with Gasteiger partial charge in [0, 0.05) is 6.20 Å². The lowest BCUT2D eigenvalue weighted by atomic mass is 9.98. The Morgan fingerprint density at radius 2 is 2.14 bits per heavy atom. The average Bonchev–Trinajstić information content (AvgIpc) is 2.81. The van der Waals surface area contributed by atoms with Gasteiger partial charge in [0.2, 0.25) is 5.91 Å². The number of fused-ring (bicyclic) bond motifs is 1. The molecule has 3 heterocycles. The third-order valence-electron chi connectivity index (χ3n) is 3.80. The largest absolute Gasteiger partial charge is 0.390 e. The molecule has 1 aliphatic rings. The van der Waals surface area contributed by atoms with Gasteiger partial charge >= 0.3 is 0 Å². The highest BCUT2D eigenvalue weighted by atomic mass is 16.3. The number of imide groups is 1. The lowest BCUT2D eigenvalue weighted by molar-refractivity contribution is -0.135. The molecule has 110 valence electrons. The smallest absolute Gasteiger partial charge is 0.251 e. The summed E-state index contributed by atoms with van der Waals surface area (Å²) >= 11 is 0. The number of nitrogens with one attached hydrogen (secondary N) is 1. The van der Waals surface area contributed by atoms with E-state index in [1.54, 1.807) is 29.3 Å². The molecule has 0 saturated carbocycles. The first-order valence-electron chi connectivity index (χ1n) is 6.64. The second kappa shape index (κ2) is 4.56. The molecule has 0 bridgehead atoms. The number of hydrogen-bond donors (Lipinski definition) is 2. The van der Waals surface area contributed by atoms with Gasteiger partial charge in [0.05, 0.1) is 18.8 Å². The SMILES string of the molecule is CC1(C)C(=O)NC(=O)CN1c1nc2ccccn2c1CO. The van der Waals surface area contributed by atoms with Gasteiger partial charge < -0.3 is 10.0 Å². The van der Waals surface area contributed by atoms with E-state index in [9.17, 15) is 14.7 Å². The Balaban J connectivity index is 2.18. The molecular formula is C14H16N4O3. The predicted molar refractivity (Wildman–Crippen MR) is 75.7 cm³/mol. The maximum absolute atomic E-state index is 12.1. The maximum atomic E-state index is 12.1. The van der Waals surface area contributed by atoms with Crippen LogP contribution >= 0.6 is 0 Å². The molecule has 7 heteroatoms. The molecule has 2 aromatic heterocycles. The van der Waals surface area contributed by atoms with E-state index in [2.05, 4.69) is 10.3 Å². The van der Waals surface area contributed by atoms with E-state index in [0.717, 1.165) is 0 Å². The van der Waals surface area contributed by atoms with Gasteiger partial charge in [0.15, 0.2) is 5.82 Å². The Morgan fingerprint density at radius 3 is 2.86 bits per heavy atom. The maximum Gasteiger partial charge on any atom is 0.251 e. The van der Waals surface area contributed by atoms with Gasteiger partial charge in [-0.3, -0.25) is 19.3 Å².